The Morgan fingerprint density at radius 1 is 0.720 bits per heavy atom. The van der Waals surface area contributed by atoms with Crippen molar-refractivity contribution in [1.29, 1.82) is 0 Å². The van der Waals surface area contributed by atoms with Gasteiger partial charge in [0.15, 0.2) is 0 Å². The van der Waals surface area contributed by atoms with Gasteiger partial charge in [0.1, 0.15) is 5.92 Å². The predicted octanol–water partition coefficient (Wildman–Crippen LogP) is 4.22. The standard InChI is InChI=1S/C19H14N2O4/c22-20(23)10-15(11-21(24)25)16-8-6-14-5-4-12-2-1-3-13-7-9-17(16)19(14)18(12)13/h1-9,15H,10-11H2. The first-order valence-electron chi connectivity index (χ1n) is 7.94. The largest absolute Gasteiger partial charge is 0.265 e. The smallest absolute Gasteiger partial charge is 0.217 e. The lowest BCUT2D eigenvalue weighted by Crippen LogP contribution is -2.21. The van der Waals surface area contributed by atoms with Crippen molar-refractivity contribution in [3.05, 3.63) is 80.4 Å². The van der Waals surface area contributed by atoms with Gasteiger partial charge >= 0.3 is 0 Å². The van der Waals surface area contributed by atoms with E-state index < -0.39 is 28.9 Å². The predicted molar refractivity (Wildman–Crippen MR) is 96.6 cm³/mol. The van der Waals surface area contributed by atoms with Gasteiger partial charge < -0.3 is 0 Å². The van der Waals surface area contributed by atoms with Crippen LogP contribution >= 0.6 is 0 Å². The molecule has 6 nitrogen and oxygen atoms in total. The number of nitrogens with zero attached hydrogens (tertiary/aromatic N) is 2. The Hall–Kier alpha value is -3.28. The maximum atomic E-state index is 11.0. The highest BCUT2D eigenvalue weighted by atomic mass is 16.6. The number of nitro groups is 2. The summed E-state index contributed by atoms with van der Waals surface area (Å²) in [5.41, 5.74) is 0.666. The van der Waals surface area contributed by atoms with Crippen LogP contribution in [0, 0.1) is 20.2 Å². The van der Waals surface area contributed by atoms with Crippen molar-refractivity contribution in [2.75, 3.05) is 13.1 Å². The Labute approximate surface area is 142 Å². The summed E-state index contributed by atoms with van der Waals surface area (Å²) < 4.78 is 0. The average molecular weight is 334 g/mol. The van der Waals surface area contributed by atoms with Gasteiger partial charge in [0.25, 0.3) is 0 Å². The van der Waals surface area contributed by atoms with Gasteiger partial charge in [-0.25, -0.2) is 0 Å². The Kier molecular flexibility index (Phi) is 3.46. The first kappa shape index (κ1) is 15.3. The summed E-state index contributed by atoms with van der Waals surface area (Å²) in [5, 5.41) is 28.2. The zero-order valence-corrected chi connectivity index (χ0v) is 13.2. The van der Waals surface area contributed by atoms with Crippen LogP contribution in [0.3, 0.4) is 0 Å². The highest BCUT2D eigenvalue weighted by Gasteiger charge is 2.26. The molecule has 0 aromatic heterocycles. The Morgan fingerprint density at radius 3 is 1.84 bits per heavy atom. The lowest BCUT2D eigenvalue weighted by molar-refractivity contribution is -0.516. The van der Waals surface area contributed by atoms with Crippen molar-refractivity contribution in [1.82, 2.24) is 0 Å². The van der Waals surface area contributed by atoms with Gasteiger partial charge in [-0.05, 0) is 37.9 Å². The summed E-state index contributed by atoms with van der Waals surface area (Å²) in [6.07, 6.45) is 0. The number of hydrogen-bond acceptors (Lipinski definition) is 4. The molecule has 25 heavy (non-hydrogen) atoms. The summed E-state index contributed by atoms with van der Waals surface area (Å²) in [6.45, 7) is -0.907. The second-order valence-electron chi connectivity index (χ2n) is 6.24. The minimum absolute atomic E-state index is 0.453. The fraction of sp³-hybridized carbons (Fsp3) is 0.158. The molecule has 4 aromatic carbocycles. The van der Waals surface area contributed by atoms with E-state index in [4.69, 9.17) is 0 Å². The number of benzene rings is 4. The molecule has 4 aromatic rings. The van der Waals surface area contributed by atoms with Gasteiger partial charge in [-0.15, -0.1) is 0 Å². The van der Waals surface area contributed by atoms with Crippen LogP contribution in [-0.2, 0) is 0 Å². The molecular weight excluding hydrogens is 320 g/mol. The summed E-state index contributed by atoms with van der Waals surface area (Å²) in [5.74, 6) is -0.755. The molecule has 0 radical (unpaired) electrons. The molecule has 0 N–H and O–H groups in total. The Balaban J connectivity index is 2.03. The molecule has 0 saturated carbocycles. The lowest BCUT2D eigenvalue weighted by atomic mass is 9.87. The third-order valence-electron chi connectivity index (χ3n) is 4.74. The molecule has 0 unspecified atom stereocenters. The minimum atomic E-state index is -0.755. The van der Waals surface area contributed by atoms with Crippen LogP contribution in [0.1, 0.15) is 11.5 Å². The van der Waals surface area contributed by atoms with Crippen molar-refractivity contribution in [3.8, 4) is 0 Å². The molecule has 4 rings (SSSR count). The van der Waals surface area contributed by atoms with E-state index in [1.54, 1.807) is 6.07 Å². The first-order valence-corrected chi connectivity index (χ1v) is 7.94. The van der Waals surface area contributed by atoms with Crippen LogP contribution in [-0.4, -0.2) is 22.9 Å². The molecule has 0 atom stereocenters. The van der Waals surface area contributed by atoms with E-state index in [0.717, 1.165) is 32.3 Å². The van der Waals surface area contributed by atoms with Crippen LogP contribution < -0.4 is 0 Å². The fourth-order valence-electron chi connectivity index (χ4n) is 3.73. The Bertz CT molecular complexity index is 1090. The lowest BCUT2D eigenvalue weighted by Gasteiger charge is -2.16. The molecule has 0 fully saturated rings. The molecule has 124 valence electrons. The maximum Gasteiger partial charge on any atom is 0.217 e. The molecule has 0 amide bonds. The Morgan fingerprint density at radius 2 is 1.24 bits per heavy atom. The van der Waals surface area contributed by atoms with Gasteiger partial charge in [0, 0.05) is 9.85 Å². The number of rotatable bonds is 5. The number of hydrogen-bond donors (Lipinski definition) is 0. The van der Waals surface area contributed by atoms with E-state index in [1.165, 1.54) is 0 Å². The average Bonchev–Trinajstić information content (AvgIpc) is 2.58. The topological polar surface area (TPSA) is 86.3 Å². The van der Waals surface area contributed by atoms with Crippen molar-refractivity contribution >= 4 is 32.3 Å². The van der Waals surface area contributed by atoms with Crippen molar-refractivity contribution < 1.29 is 9.85 Å². The maximum absolute atomic E-state index is 11.0. The third-order valence-corrected chi connectivity index (χ3v) is 4.74. The van der Waals surface area contributed by atoms with Crippen LogP contribution in [0.5, 0.6) is 0 Å². The molecular formula is C19H14N2O4. The summed E-state index contributed by atoms with van der Waals surface area (Å²) in [6, 6.07) is 17.7. The van der Waals surface area contributed by atoms with E-state index in [0.29, 0.717) is 5.56 Å². The molecule has 0 bridgehead atoms. The summed E-state index contributed by atoms with van der Waals surface area (Å²) >= 11 is 0. The second-order valence-corrected chi connectivity index (χ2v) is 6.24. The molecule has 0 aliphatic rings. The van der Waals surface area contributed by atoms with Crippen LogP contribution in [0.25, 0.3) is 32.3 Å². The van der Waals surface area contributed by atoms with Gasteiger partial charge in [0.2, 0.25) is 13.1 Å². The minimum Gasteiger partial charge on any atom is -0.265 e. The van der Waals surface area contributed by atoms with Crippen molar-refractivity contribution in [3.63, 3.8) is 0 Å². The quantitative estimate of drug-likeness (QED) is 0.310. The van der Waals surface area contributed by atoms with Crippen LogP contribution in [0.15, 0.2) is 54.6 Å². The molecule has 0 aliphatic carbocycles. The van der Waals surface area contributed by atoms with Gasteiger partial charge in [-0.3, -0.25) is 20.2 Å². The highest BCUT2D eigenvalue weighted by Crippen LogP contribution is 2.37. The molecule has 6 heteroatoms. The van der Waals surface area contributed by atoms with Gasteiger partial charge in [-0.2, -0.15) is 0 Å². The van der Waals surface area contributed by atoms with E-state index in [-0.39, 0.29) is 0 Å². The van der Waals surface area contributed by atoms with E-state index >= 15 is 0 Å². The fourth-order valence-corrected chi connectivity index (χ4v) is 3.73. The van der Waals surface area contributed by atoms with E-state index in [2.05, 4.69) is 6.07 Å². The summed E-state index contributed by atoms with van der Waals surface area (Å²) in [4.78, 5) is 21.1. The molecule has 0 heterocycles. The second kappa shape index (κ2) is 5.66. The monoisotopic (exact) mass is 334 g/mol. The molecule has 0 spiro atoms. The van der Waals surface area contributed by atoms with Crippen molar-refractivity contribution in [2.24, 2.45) is 0 Å². The molecule has 0 aliphatic heterocycles. The third kappa shape index (κ3) is 2.52. The SMILES string of the molecule is O=[N+]([O-])CC(C[N+](=O)[O-])c1ccc2ccc3cccc4ccc1c2c34. The van der Waals surface area contributed by atoms with Gasteiger partial charge in [0.05, 0.1) is 0 Å². The van der Waals surface area contributed by atoms with Gasteiger partial charge in [-0.1, -0.05) is 54.6 Å². The molecule has 0 saturated heterocycles. The van der Waals surface area contributed by atoms with E-state index in [9.17, 15) is 20.2 Å². The zero-order valence-electron chi connectivity index (χ0n) is 13.2. The summed E-state index contributed by atoms with van der Waals surface area (Å²) in [7, 11) is 0. The van der Waals surface area contributed by atoms with E-state index in [1.807, 2.05) is 42.5 Å². The van der Waals surface area contributed by atoms with Crippen molar-refractivity contribution in [2.45, 2.75) is 5.92 Å². The normalized spacial score (nSPS) is 11.7. The van der Waals surface area contributed by atoms with Crippen LogP contribution in [0.2, 0.25) is 0 Å². The first-order chi connectivity index (χ1) is 12.0. The van der Waals surface area contributed by atoms with Crippen LogP contribution in [0.4, 0.5) is 0 Å². The zero-order chi connectivity index (χ0) is 17.6. The highest BCUT2D eigenvalue weighted by molar-refractivity contribution is 6.23.